The standard InChI is InChI=1S/C18H23NOS/c1-17(2)9-6-10-18(20,13-17)11-16-19-15(12-21-16)14-7-4-3-5-8-14/h3-5,7-8,12,20H,6,9-11,13H2,1-2H3. The van der Waals surface area contributed by atoms with Crippen LogP contribution in [0.25, 0.3) is 11.3 Å². The van der Waals surface area contributed by atoms with Crippen molar-refractivity contribution in [1.82, 2.24) is 4.98 Å². The van der Waals surface area contributed by atoms with Crippen LogP contribution >= 0.6 is 11.3 Å². The van der Waals surface area contributed by atoms with E-state index < -0.39 is 5.60 Å². The Labute approximate surface area is 130 Å². The first-order chi connectivity index (χ1) is 9.96. The van der Waals surface area contributed by atoms with Gasteiger partial charge in [-0.25, -0.2) is 4.98 Å². The Morgan fingerprint density at radius 2 is 1.95 bits per heavy atom. The minimum Gasteiger partial charge on any atom is -0.389 e. The fourth-order valence-electron chi connectivity index (χ4n) is 3.53. The van der Waals surface area contributed by atoms with Crippen molar-refractivity contribution in [3.63, 3.8) is 0 Å². The summed E-state index contributed by atoms with van der Waals surface area (Å²) in [5.74, 6) is 0. The zero-order valence-corrected chi connectivity index (χ0v) is 13.6. The van der Waals surface area contributed by atoms with Gasteiger partial charge in [0.15, 0.2) is 0 Å². The van der Waals surface area contributed by atoms with Crippen LogP contribution in [0.5, 0.6) is 0 Å². The maximum absolute atomic E-state index is 10.9. The number of aliphatic hydroxyl groups is 1. The van der Waals surface area contributed by atoms with Gasteiger partial charge in [0.25, 0.3) is 0 Å². The molecule has 21 heavy (non-hydrogen) atoms. The topological polar surface area (TPSA) is 33.1 Å². The molecular weight excluding hydrogens is 278 g/mol. The molecule has 1 N–H and O–H groups in total. The Morgan fingerprint density at radius 3 is 2.67 bits per heavy atom. The van der Waals surface area contributed by atoms with Crippen molar-refractivity contribution in [3.05, 3.63) is 40.7 Å². The van der Waals surface area contributed by atoms with Crippen molar-refractivity contribution in [3.8, 4) is 11.3 Å². The van der Waals surface area contributed by atoms with Crippen molar-refractivity contribution < 1.29 is 5.11 Å². The molecule has 0 radical (unpaired) electrons. The van der Waals surface area contributed by atoms with E-state index in [0.29, 0.717) is 6.42 Å². The summed E-state index contributed by atoms with van der Waals surface area (Å²) in [6, 6.07) is 10.2. The third kappa shape index (κ3) is 3.53. The number of benzene rings is 1. The van der Waals surface area contributed by atoms with E-state index in [9.17, 15) is 5.11 Å². The molecule has 1 atom stereocenters. The molecule has 1 aliphatic carbocycles. The van der Waals surface area contributed by atoms with E-state index in [4.69, 9.17) is 4.98 Å². The van der Waals surface area contributed by atoms with Gasteiger partial charge in [-0.15, -0.1) is 11.3 Å². The Hall–Kier alpha value is -1.19. The average molecular weight is 301 g/mol. The molecule has 1 aromatic heterocycles. The van der Waals surface area contributed by atoms with Gasteiger partial charge in [-0.1, -0.05) is 50.6 Å². The second-order valence-corrected chi connectivity index (χ2v) is 8.03. The zero-order valence-electron chi connectivity index (χ0n) is 12.8. The highest BCUT2D eigenvalue weighted by molar-refractivity contribution is 7.09. The smallest absolute Gasteiger partial charge is 0.0961 e. The summed E-state index contributed by atoms with van der Waals surface area (Å²) in [5.41, 5.74) is 1.84. The minimum atomic E-state index is -0.576. The Morgan fingerprint density at radius 1 is 1.19 bits per heavy atom. The molecule has 1 fully saturated rings. The molecule has 0 aliphatic heterocycles. The van der Waals surface area contributed by atoms with Crippen molar-refractivity contribution >= 4 is 11.3 Å². The summed E-state index contributed by atoms with van der Waals surface area (Å²) >= 11 is 1.67. The predicted octanol–water partition coefficient (Wildman–Crippen LogP) is 4.68. The molecule has 1 heterocycles. The van der Waals surface area contributed by atoms with Gasteiger partial charge in [0.05, 0.1) is 16.3 Å². The first-order valence-corrected chi connectivity index (χ1v) is 8.56. The highest BCUT2D eigenvalue weighted by Crippen LogP contribution is 2.42. The summed E-state index contributed by atoms with van der Waals surface area (Å²) < 4.78 is 0. The van der Waals surface area contributed by atoms with Gasteiger partial charge in [-0.2, -0.15) is 0 Å². The Balaban J connectivity index is 1.75. The molecule has 0 bridgehead atoms. The van der Waals surface area contributed by atoms with Crippen LogP contribution in [0, 0.1) is 5.41 Å². The van der Waals surface area contributed by atoms with E-state index in [0.717, 1.165) is 35.5 Å². The van der Waals surface area contributed by atoms with Crippen LogP contribution in [0.2, 0.25) is 0 Å². The number of thiazole rings is 1. The van der Waals surface area contributed by atoms with Crippen molar-refractivity contribution in [2.45, 2.75) is 51.6 Å². The second-order valence-electron chi connectivity index (χ2n) is 7.09. The predicted molar refractivity (Wildman–Crippen MR) is 88.5 cm³/mol. The third-order valence-corrected chi connectivity index (χ3v) is 5.25. The van der Waals surface area contributed by atoms with Crippen molar-refractivity contribution in [2.24, 2.45) is 5.41 Å². The van der Waals surface area contributed by atoms with Crippen molar-refractivity contribution in [2.75, 3.05) is 0 Å². The molecule has 2 aromatic rings. The lowest BCUT2D eigenvalue weighted by atomic mass is 9.69. The number of hydrogen-bond acceptors (Lipinski definition) is 3. The molecule has 0 saturated heterocycles. The Kier molecular flexibility index (Phi) is 3.89. The fraction of sp³-hybridized carbons (Fsp3) is 0.500. The van der Waals surface area contributed by atoms with Crippen molar-refractivity contribution in [1.29, 1.82) is 0 Å². The van der Waals surface area contributed by atoms with Crippen LogP contribution in [0.4, 0.5) is 0 Å². The maximum atomic E-state index is 10.9. The van der Waals surface area contributed by atoms with Gasteiger partial charge in [0.1, 0.15) is 0 Å². The molecule has 1 saturated carbocycles. The van der Waals surface area contributed by atoms with Gasteiger partial charge in [0, 0.05) is 17.4 Å². The molecule has 1 aliphatic rings. The maximum Gasteiger partial charge on any atom is 0.0961 e. The van der Waals surface area contributed by atoms with Gasteiger partial charge in [0.2, 0.25) is 0 Å². The fourth-order valence-corrected chi connectivity index (χ4v) is 4.47. The number of nitrogens with zero attached hydrogens (tertiary/aromatic N) is 1. The highest BCUT2D eigenvalue weighted by Gasteiger charge is 2.39. The van der Waals surface area contributed by atoms with E-state index >= 15 is 0 Å². The molecule has 1 aromatic carbocycles. The lowest BCUT2D eigenvalue weighted by Gasteiger charge is -2.41. The molecule has 0 amide bonds. The molecule has 0 spiro atoms. The van der Waals surface area contributed by atoms with Gasteiger partial charge in [-0.3, -0.25) is 0 Å². The van der Waals surface area contributed by atoms with Crippen LogP contribution in [0.15, 0.2) is 35.7 Å². The van der Waals surface area contributed by atoms with Gasteiger partial charge < -0.3 is 5.11 Å². The first kappa shape index (κ1) is 14.7. The van der Waals surface area contributed by atoms with E-state index in [1.54, 1.807) is 11.3 Å². The molecule has 112 valence electrons. The number of aromatic nitrogens is 1. The summed E-state index contributed by atoms with van der Waals surface area (Å²) in [6.45, 7) is 4.52. The molecule has 3 heteroatoms. The lowest BCUT2D eigenvalue weighted by molar-refractivity contribution is -0.0382. The van der Waals surface area contributed by atoms with Crippen LogP contribution in [-0.4, -0.2) is 15.7 Å². The normalized spacial score (nSPS) is 24.9. The lowest BCUT2D eigenvalue weighted by Crippen LogP contribution is -2.40. The molecular formula is C18H23NOS. The summed E-state index contributed by atoms with van der Waals surface area (Å²) in [5, 5.41) is 14.1. The average Bonchev–Trinajstić information content (AvgIpc) is 2.86. The monoisotopic (exact) mass is 301 g/mol. The van der Waals surface area contributed by atoms with Crippen LogP contribution in [0.3, 0.4) is 0 Å². The largest absolute Gasteiger partial charge is 0.389 e. The quantitative estimate of drug-likeness (QED) is 0.892. The van der Waals surface area contributed by atoms with Crippen LogP contribution < -0.4 is 0 Å². The summed E-state index contributed by atoms with van der Waals surface area (Å²) in [4.78, 5) is 4.73. The number of hydrogen-bond donors (Lipinski definition) is 1. The highest BCUT2D eigenvalue weighted by atomic mass is 32.1. The minimum absolute atomic E-state index is 0.243. The SMILES string of the molecule is CC1(C)CCCC(O)(Cc2nc(-c3ccccc3)cs2)C1. The zero-order chi connectivity index (χ0) is 14.9. The number of rotatable bonds is 3. The van der Waals surface area contributed by atoms with E-state index in [2.05, 4.69) is 31.4 Å². The van der Waals surface area contributed by atoms with E-state index in [1.165, 1.54) is 6.42 Å². The van der Waals surface area contributed by atoms with E-state index in [-0.39, 0.29) is 5.41 Å². The molecule has 3 rings (SSSR count). The third-order valence-electron chi connectivity index (χ3n) is 4.40. The van der Waals surface area contributed by atoms with Crippen LogP contribution in [-0.2, 0) is 6.42 Å². The van der Waals surface area contributed by atoms with Crippen LogP contribution in [0.1, 0.15) is 44.5 Å². The second kappa shape index (κ2) is 5.54. The molecule has 1 unspecified atom stereocenters. The Bertz CT molecular complexity index is 605. The summed E-state index contributed by atoms with van der Waals surface area (Å²) in [7, 11) is 0. The molecule has 2 nitrogen and oxygen atoms in total. The van der Waals surface area contributed by atoms with Gasteiger partial charge >= 0.3 is 0 Å². The first-order valence-electron chi connectivity index (χ1n) is 7.68. The van der Waals surface area contributed by atoms with E-state index in [1.807, 2.05) is 18.2 Å². The van der Waals surface area contributed by atoms with Gasteiger partial charge in [-0.05, 0) is 24.7 Å². The summed E-state index contributed by atoms with van der Waals surface area (Å²) in [6.07, 6.45) is 4.79.